The standard InChI is InChI=1S/C16H15N5O2S/c1-11-20-16(23-21-11)13-2-3-15(19-9-13)24-10-14(22)18-8-12-4-6-17-7-5-12/h2-7,9H,8,10H2,1H3,(H,18,22). The summed E-state index contributed by atoms with van der Waals surface area (Å²) in [6, 6.07) is 7.41. The molecule has 0 fully saturated rings. The number of thioether (sulfide) groups is 1. The van der Waals surface area contributed by atoms with Crippen LogP contribution < -0.4 is 5.32 Å². The van der Waals surface area contributed by atoms with Crippen LogP contribution in [0.4, 0.5) is 0 Å². The Bertz CT molecular complexity index is 805. The van der Waals surface area contributed by atoms with Gasteiger partial charge in [0.1, 0.15) is 0 Å². The van der Waals surface area contributed by atoms with E-state index in [4.69, 9.17) is 4.52 Å². The molecule has 3 heterocycles. The summed E-state index contributed by atoms with van der Waals surface area (Å²) in [7, 11) is 0. The number of aryl methyl sites for hydroxylation is 1. The minimum absolute atomic E-state index is 0.0461. The molecule has 8 heteroatoms. The summed E-state index contributed by atoms with van der Waals surface area (Å²) in [5, 5.41) is 7.36. The normalized spacial score (nSPS) is 10.5. The molecule has 0 spiro atoms. The van der Waals surface area contributed by atoms with Crippen LogP contribution in [0.1, 0.15) is 11.4 Å². The molecule has 1 N–H and O–H groups in total. The SMILES string of the molecule is Cc1noc(-c2ccc(SCC(=O)NCc3ccncc3)nc2)n1. The van der Waals surface area contributed by atoms with E-state index in [1.165, 1.54) is 11.8 Å². The van der Waals surface area contributed by atoms with E-state index in [0.29, 0.717) is 24.0 Å². The fourth-order valence-corrected chi connectivity index (χ4v) is 2.57. The number of hydrogen-bond acceptors (Lipinski definition) is 7. The summed E-state index contributed by atoms with van der Waals surface area (Å²) in [5.41, 5.74) is 1.77. The maximum Gasteiger partial charge on any atom is 0.259 e. The minimum atomic E-state index is -0.0461. The quantitative estimate of drug-likeness (QED) is 0.687. The Morgan fingerprint density at radius 3 is 2.75 bits per heavy atom. The van der Waals surface area contributed by atoms with Crippen molar-refractivity contribution in [2.24, 2.45) is 0 Å². The molecule has 0 bridgehead atoms. The average Bonchev–Trinajstić information content (AvgIpc) is 3.06. The van der Waals surface area contributed by atoms with Crippen molar-refractivity contribution in [1.82, 2.24) is 25.4 Å². The Kier molecular flexibility index (Phi) is 5.17. The summed E-state index contributed by atoms with van der Waals surface area (Å²) >= 11 is 1.37. The van der Waals surface area contributed by atoms with Gasteiger partial charge in [0.05, 0.1) is 16.3 Å². The van der Waals surface area contributed by atoms with Gasteiger partial charge in [0.2, 0.25) is 5.91 Å². The van der Waals surface area contributed by atoms with Crippen molar-refractivity contribution in [3.63, 3.8) is 0 Å². The van der Waals surface area contributed by atoms with Crippen molar-refractivity contribution in [3.05, 3.63) is 54.2 Å². The first-order valence-corrected chi connectivity index (χ1v) is 8.24. The predicted molar refractivity (Wildman–Crippen MR) is 89.1 cm³/mol. The second kappa shape index (κ2) is 7.69. The topological polar surface area (TPSA) is 93.8 Å². The summed E-state index contributed by atoms with van der Waals surface area (Å²) in [6.45, 7) is 2.25. The van der Waals surface area contributed by atoms with E-state index in [2.05, 4.69) is 25.4 Å². The molecule has 24 heavy (non-hydrogen) atoms. The van der Waals surface area contributed by atoms with Gasteiger partial charge in [0.15, 0.2) is 5.82 Å². The van der Waals surface area contributed by atoms with Gasteiger partial charge >= 0.3 is 0 Å². The van der Waals surface area contributed by atoms with Crippen LogP contribution in [0, 0.1) is 6.92 Å². The molecule has 3 aromatic heterocycles. The highest BCUT2D eigenvalue weighted by Gasteiger charge is 2.08. The molecule has 0 saturated heterocycles. The third-order valence-electron chi connectivity index (χ3n) is 3.10. The molecule has 0 aliphatic carbocycles. The smallest absolute Gasteiger partial charge is 0.259 e. The molecule has 0 aliphatic heterocycles. The fourth-order valence-electron chi connectivity index (χ4n) is 1.90. The molecule has 0 unspecified atom stereocenters. The van der Waals surface area contributed by atoms with Crippen molar-refractivity contribution in [2.45, 2.75) is 18.5 Å². The van der Waals surface area contributed by atoms with E-state index in [1.54, 1.807) is 25.5 Å². The van der Waals surface area contributed by atoms with Crippen LogP contribution in [0.5, 0.6) is 0 Å². The summed E-state index contributed by atoms with van der Waals surface area (Å²) in [5.74, 6) is 1.27. The third kappa shape index (κ3) is 4.39. The molecule has 0 radical (unpaired) electrons. The molecular weight excluding hydrogens is 326 g/mol. The Balaban J connectivity index is 1.48. The van der Waals surface area contributed by atoms with E-state index >= 15 is 0 Å². The van der Waals surface area contributed by atoms with Crippen molar-refractivity contribution in [3.8, 4) is 11.5 Å². The number of hydrogen-bond donors (Lipinski definition) is 1. The zero-order valence-corrected chi connectivity index (χ0v) is 13.8. The average molecular weight is 341 g/mol. The molecule has 7 nitrogen and oxygen atoms in total. The number of aromatic nitrogens is 4. The first kappa shape index (κ1) is 16.1. The van der Waals surface area contributed by atoms with Crippen LogP contribution in [0.25, 0.3) is 11.5 Å². The van der Waals surface area contributed by atoms with Crippen molar-refractivity contribution in [1.29, 1.82) is 0 Å². The Morgan fingerprint density at radius 1 is 1.25 bits per heavy atom. The van der Waals surface area contributed by atoms with Gasteiger partial charge in [-0.3, -0.25) is 9.78 Å². The number of nitrogens with one attached hydrogen (secondary N) is 1. The van der Waals surface area contributed by atoms with E-state index < -0.39 is 0 Å². The molecule has 0 aliphatic rings. The monoisotopic (exact) mass is 341 g/mol. The maximum absolute atomic E-state index is 11.9. The Labute approximate surface area is 142 Å². The highest BCUT2D eigenvalue weighted by Crippen LogP contribution is 2.20. The van der Waals surface area contributed by atoms with Gasteiger partial charge in [-0.1, -0.05) is 16.9 Å². The zero-order valence-electron chi connectivity index (χ0n) is 13.0. The van der Waals surface area contributed by atoms with Gasteiger partial charge in [-0.05, 0) is 36.8 Å². The molecule has 0 atom stereocenters. The minimum Gasteiger partial charge on any atom is -0.351 e. The lowest BCUT2D eigenvalue weighted by atomic mass is 10.3. The molecule has 1 amide bonds. The van der Waals surface area contributed by atoms with Crippen LogP contribution in [-0.2, 0) is 11.3 Å². The molecule has 3 aromatic rings. The first-order chi connectivity index (χ1) is 11.7. The van der Waals surface area contributed by atoms with Gasteiger partial charge in [-0.15, -0.1) is 0 Å². The first-order valence-electron chi connectivity index (χ1n) is 7.26. The van der Waals surface area contributed by atoms with E-state index in [-0.39, 0.29) is 5.91 Å². The van der Waals surface area contributed by atoms with Gasteiger partial charge in [-0.2, -0.15) is 4.98 Å². The van der Waals surface area contributed by atoms with Gasteiger partial charge in [-0.25, -0.2) is 4.98 Å². The van der Waals surface area contributed by atoms with Crippen LogP contribution in [0.3, 0.4) is 0 Å². The fraction of sp³-hybridized carbons (Fsp3) is 0.188. The number of pyridine rings is 2. The second-order valence-corrected chi connectivity index (χ2v) is 5.95. The number of nitrogens with zero attached hydrogens (tertiary/aromatic N) is 4. The van der Waals surface area contributed by atoms with Crippen LogP contribution in [0.15, 0.2) is 52.4 Å². The van der Waals surface area contributed by atoms with E-state index in [1.807, 2.05) is 24.3 Å². The summed E-state index contributed by atoms with van der Waals surface area (Å²) in [6.07, 6.45) is 5.06. The number of carbonyl (C=O) groups excluding carboxylic acids is 1. The number of rotatable bonds is 6. The lowest BCUT2D eigenvalue weighted by Gasteiger charge is -2.05. The lowest BCUT2D eigenvalue weighted by Crippen LogP contribution is -2.24. The van der Waals surface area contributed by atoms with E-state index in [0.717, 1.165) is 16.2 Å². The zero-order chi connectivity index (χ0) is 16.8. The number of amides is 1. The molecule has 0 saturated carbocycles. The number of carbonyl (C=O) groups is 1. The van der Waals surface area contributed by atoms with Crippen LogP contribution >= 0.6 is 11.8 Å². The van der Waals surface area contributed by atoms with Crippen molar-refractivity contribution >= 4 is 17.7 Å². The highest BCUT2D eigenvalue weighted by atomic mass is 32.2. The van der Waals surface area contributed by atoms with Crippen LogP contribution in [-0.4, -0.2) is 31.8 Å². The molecular formula is C16H15N5O2S. The Hall–Kier alpha value is -2.74. The predicted octanol–water partition coefficient (Wildman–Crippen LogP) is 2.24. The lowest BCUT2D eigenvalue weighted by molar-refractivity contribution is -0.118. The molecule has 0 aromatic carbocycles. The van der Waals surface area contributed by atoms with Crippen LogP contribution in [0.2, 0.25) is 0 Å². The van der Waals surface area contributed by atoms with Crippen molar-refractivity contribution in [2.75, 3.05) is 5.75 Å². The van der Waals surface area contributed by atoms with Gasteiger partial charge < -0.3 is 9.84 Å². The Morgan fingerprint density at radius 2 is 2.08 bits per heavy atom. The third-order valence-corrected chi connectivity index (χ3v) is 4.04. The maximum atomic E-state index is 11.9. The highest BCUT2D eigenvalue weighted by molar-refractivity contribution is 7.99. The van der Waals surface area contributed by atoms with Gasteiger partial charge in [0, 0.05) is 25.1 Å². The van der Waals surface area contributed by atoms with Gasteiger partial charge in [0.25, 0.3) is 5.89 Å². The molecule has 3 rings (SSSR count). The summed E-state index contributed by atoms with van der Waals surface area (Å²) in [4.78, 5) is 24.3. The summed E-state index contributed by atoms with van der Waals surface area (Å²) < 4.78 is 5.09. The largest absolute Gasteiger partial charge is 0.351 e. The molecule has 122 valence electrons. The second-order valence-electron chi connectivity index (χ2n) is 4.95. The van der Waals surface area contributed by atoms with Crippen molar-refractivity contribution < 1.29 is 9.32 Å². The van der Waals surface area contributed by atoms with E-state index in [9.17, 15) is 4.79 Å².